The third kappa shape index (κ3) is 5.33. The highest BCUT2D eigenvalue weighted by Crippen LogP contribution is 2.16. The van der Waals surface area contributed by atoms with Gasteiger partial charge >= 0.3 is 5.97 Å². The number of hydrogen-bond donors (Lipinski definition) is 2. The van der Waals surface area contributed by atoms with Crippen LogP contribution in [-0.4, -0.2) is 45.9 Å². The number of rotatable bonds is 9. The van der Waals surface area contributed by atoms with Crippen LogP contribution in [0.2, 0.25) is 0 Å². The van der Waals surface area contributed by atoms with Gasteiger partial charge in [-0.3, -0.25) is 4.79 Å². The van der Waals surface area contributed by atoms with Crippen molar-refractivity contribution in [2.75, 3.05) is 20.3 Å². The lowest BCUT2D eigenvalue weighted by molar-refractivity contribution is -0.140. The average Bonchev–Trinajstić information content (AvgIpc) is 2.45. The fourth-order valence-corrected chi connectivity index (χ4v) is 2.69. The van der Waals surface area contributed by atoms with E-state index >= 15 is 0 Å². The van der Waals surface area contributed by atoms with Crippen LogP contribution < -0.4 is 9.46 Å². The van der Waals surface area contributed by atoms with Gasteiger partial charge in [-0.15, -0.1) is 0 Å². The standard InChI is InChI=1S/C13H19NO6S/c1-3-8-20-10-4-6-11(7-5-10)21(17,18)14-12(9-19-2)13(15)16/h4-7,12,14H,3,8-9H2,1-2H3,(H,15,16). The highest BCUT2D eigenvalue weighted by atomic mass is 32.2. The highest BCUT2D eigenvalue weighted by molar-refractivity contribution is 7.89. The summed E-state index contributed by atoms with van der Waals surface area (Å²) in [5.41, 5.74) is 0. The molecule has 0 aliphatic heterocycles. The van der Waals surface area contributed by atoms with Gasteiger partial charge < -0.3 is 14.6 Å². The van der Waals surface area contributed by atoms with Crippen LogP contribution in [0.25, 0.3) is 0 Å². The number of ether oxygens (including phenoxy) is 2. The van der Waals surface area contributed by atoms with Gasteiger partial charge in [0.25, 0.3) is 0 Å². The number of sulfonamides is 1. The van der Waals surface area contributed by atoms with E-state index < -0.39 is 22.0 Å². The van der Waals surface area contributed by atoms with Crippen LogP contribution in [0.1, 0.15) is 13.3 Å². The Morgan fingerprint density at radius 1 is 1.33 bits per heavy atom. The van der Waals surface area contributed by atoms with Crippen LogP contribution in [0.5, 0.6) is 5.75 Å². The Balaban J connectivity index is 2.84. The highest BCUT2D eigenvalue weighted by Gasteiger charge is 2.25. The molecule has 118 valence electrons. The zero-order valence-electron chi connectivity index (χ0n) is 11.9. The van der Waals surface area contributed by atoms with E-state index in [1.54, 1.807) is 0 Å². The largest absolute Gasteiger partial charge is 0.494 e. The van der Waals surface area contributed by atoms with Crippen molar-refractivity contribution in [1.29, 1.82) is 0 Å². The van der Waals surface area contributed by atoms with E-state index in [0.29, 0.717) is 12.4 Å². The summed E-state index contributed by atoms with van der Waals surface area (Å²) in [5.74, 6) is -0.745. The van der Waals surface area contributed by atoms with Crippen molar-refractivity contribution in [3.05, 3.63) is 24.3 Å². The number of carboxylic acid groups (broad SMARTS) is 1. The van der Waals surface area contributed by atoms with Crippen LogP contribution in [0, 0.1) is 0 Å². The van der Waals surface area contributed by atoms with Gasteiger partial charge in [-0.25, -0.2) is 8.42 Å². The van der Waals surface area contributed by atoms with E-state index in [2.05, 4.69) is 9.46 Å². The van der Waals surface area contributed by atoms with Crippen LogP contribution >= 0.6 is 0 Å². The van der Waals surface area contributed by atoms with Gasteiger partial charge in [0.15, 0.2) is 0 Å². The topological polar surface area (TPSA) is 102 Å². The second-order valence-electron chi connectivity index (χ2n) is 4.29. The SMILES string of the molecule is CCCOc1ccc(S(=O)(=O)NC(COC)C(=O)O)cc1. The quantitative estimate of drug-likeness (QED) is 0.700. The second-order valence-corrected chi connectivity index (χ2v) is 6.00. The lowest BCUT2D eigenvalue weighted by Gasteiger charge is -2.14. The predicted octanol–water partition coefficient (Wildman–Crippen LogP) is 0.853. The first-order chi connectivity index (χ1) is 9.90. The summed E-state index contributed by atoms with van der Waals surface area (Å²) in [5, 5.41) is 8.93. The van der Waals surface area contributed by atoms with Gasteiger partial charge in [0.05, 0.1) is 18.1 Å². The number of carbonyl (C=O) groups is 1. The van der Waals surface area contributed by atoms with Gasteiger partial charge in [0.1, 0.15) is 11.8 Å². The molecule has 0 saturated heterocycles. The summed E-state index contributed by atoms with van der Waals surface area (Å²) in [7, 11) is -2.63. The Morgan fingerprint density at radius 3 is 2.43 bits per heavy atom. The second kappa shape index (κ2) is 7.96. The Bertz CT molecular complexity index is 555. The average molecular weight is 317 g/mol. The van der Waals surface area contributed by atoms with Crippen molar-refractivity contribution in [2.45, 2.75) is 24.3 Å². The van der Waals surface area contributed by atoms with E-state index in [1.165, 1.54) is 31.4 Å². The summed E-state index contributed by atoms with van der Waals surface area (Å²) in [6.45, 7) is 2.25. The van der Waals surface area contributed by atoms with Gasteiger partial charge in [-0.2, -0.15) is 4.72 Å². The summed E-state index contributed by atoms with van der Waals surface area (Å²) in [6, 6.07) is 4.43. The minimum Gasteiger partial charge on any atom is -0.494 e. The summed E-state index contributed by atoms with van der Waals surface area (Å²) in [4.78, 5) is 10.9. The van der Waals surface area contributed by atoms with E-state index in [4.69, 9.17) is 9.84 Å². The van der Waals surface area contributed by atoms with E-state index in [0.717, 1.165) is 6.42 Å². The van der Waals surface area contributed by atoms with E-state index in [1.807, 2.05) is 6.92 Å². The molecule has 0 bridgehead atoms. The van der Waals surface area contributed by atoms with E-state index in [-0.39, 0.29) is 11.5 Å². The normalized spacial score (nSPS) is 12.9. The molecule has 0 spiro atoms. The molecule has 0 aliphatic carbocycles. The molecular weight excluding hydrogens is 298 g/mol. The van der Waals surface area contributed by atoms with Crippen molar-refractivity contribution in [3.63, 3.8) is 0 Å². The Morgan fingerprint density at radius 2 is 1.95 bits per heavy atom. The van der Waals surface area contributed by atoms with Crippen LogP contribution in [-0.2, 0) is 19.6 Å². The predicted molar refractivity (Wildman–Crippen MR) is 75.8 cm³/mol. The zero-order chi connectivity index (χ0) is 15.9. The molecule has 2 N–H and O–H groups in total. The molecule has 0 aromatic heterocycles. The number of methoxy groups -OCH3 is 1. The van der Waals surface area contributed by atoms with Gasteiger partial charge in [0.2, 0.25) is 10.0 Å². The number of hydrogen-bond acceptors (Lipinski definition) is 5. The van der Waals surface area contributed by atoms with Crippen molar-refractivity contribution in [2.24, 2.45) is 0 Å². The first kappa shape index (κ1) is 17.4. The molecule has 8 heteroatoms. The van der Waals surface area contributed by atoms with E-state index in [9.17, 15) is 13.2 Å². The monoisotopic (exact) mass is 317 g/mol. The molecule has 0 saturated carbocycles. The molecule has 1 unspecified atom stereocenters. The Kier molecular flexibility index (Phi) is 6.60. The molecule has 0 heterocycles. The van der Waals surface area contributed by atoms with Crippen LogP contribution in [0.15, 0.2) is 29.2 Å². The Labute approximate surface area is 123 Å². The van der Waals surface area contributed by atoms with Crippen molar-refractivity contribution in [1.82, 2.24) is 4.72 Å². The summed E-state index contributed by atoms with van der Waals surface area (Å²) in [6.07, 6.45) is 0.846. The molecular formula is C13H19NO6S. The molecule has 1 rings (SSSR count). The lowest BCUT2D eigenvalue weighted by Crippen LogP contribution is -2.43. The third-order valence-corrected chi connectivity index (χ3v) is 4.02. The number of carboxylic acids is 1. The number of nitrogens with one attached hydrogen (secondary N) is 1. The lowest BCUT2D eigenvalue weighted by atomic mass is 10.3. The Hall–Kier alpha value is -1.64. The number of aliphatic carboxylic acids is 1. The fraction of sp³-hybridized carbons (Fsp3) is 0.462. The van der Waals surface area contributed by atoms with Crippen molar-refractivity contribution in [3.8, 4) is 5.75 Å². The van der Waals surface area contributed by atoms with Crippen molar-refractivity contribution >= 4 is 16.0 Å². The van der Waals surface area contributed by atoms with Gasteiger partial charge in [0, 0.05) is 7.11 Å². The van der Waals surface area contributed by atoms with Crippen molar-refractivity contribution < 1.29 is 27.8 Å². The molecule has 7 nitrogen and oxygen atoms in total. The maximum Gasteiger partial charge on any atom is 0.324 e. The molecule has 0 fully saturated rings. The minimum absolute atomic E-state index is 0.0336. The smallest absolute Gasteiger partial charge is 0.324 e. The number of benzene rings is 1. The molecule has 21 heavy (non-hydrogen) atoms. The third-order valence-electron chi connectivity index (χ3n) is 2.54. The van der Waals surface area contributed by atoms with Gasteiger partial charge in [-0.1, -0.05) is 6.92 Å². The maximum absolute atomic E-state index is 12.1. The summed E-state index contributed by atoms with van der Waals surface area (Å²) >= 11 is 0. The first-order valence-corrected chi connectivity index (χ1v) is 7.86. The fourth-order valence-electron chi connectivity index (χ4n) is 1.51. The molecule has 1 aromatic carbocycles. The molecule has 1 atom stereocenters. The minimum atomic E-state index is -3.93. The maximum atomic E-state index is 12.1. The summed E-state index contributed by atoms with van der Waals surface area (Å²) < 4.78 is 36.3. The van der Waals surface area contributed by atoms with Crippen LogP contribution in [0.4, 0.5) is 0 Å². The molecule has 0 aliphatic rings. The zero-order valence-corrected chi connectivity index (χ0v) is 12.7. The van der Waals surface area contributed by atoms with Crippen LogP contribution in [0.3, 0.4) is 0 Å². The molecule has 0 radical (unpaired) electrons. The molecule has 1 aromatic rings. The van der Waals surface area contributed by atoms with Gasteiger partial charge in [-0.05, 0) is 30.7 Å². The molecule has 0 amide bonds. The first-order valence-electron chi connectivity index (χ1n) is 6.37.